The van der Waals surface area contributed by atoms with E-state index in [0.717, 1.165) is 11.3 Å². The SMILES string of the molecule is CCOc1cccc(CNC(=O)[C@H](CC)Oc2cccc(OC)c2)c1. The van der Waals surface area contributed by atoms with Crippen LogP contribution in [-0.4, -0.2) is 25.7 Å². The number of ether oxygens (including phenoxy) is 3. The predicted octanol–water partition coefficient (Wildman–Crippen LogP) is 3.57. The van der Waals surface area contributed by atoms with Crippen LogP contribution in [0.15, 0.2) is 48.5 Å². The van der Waals surface area contributed by atoms with Gasteiger partial charge in [0.1, 0.15) is 17.2 Å². The molecule has 2 aromatic rings. The first-order valence-corrected chi connectivity index (χ1v) is 8.46. The van der Waals surface area contributed by atoms with Crippen LogP contribution in [0, 0.1) is 0 Å². The average molecular weight is 343 g/mol. The van der Waals surface area contributed by atoms with Gasteiger partial charge in [-0.05, 0) is 43.2 Å². The first-order chi connectivity index (χ1) is 12.2. The van der Waals surface area contributed by atoms with Crippen molar-refractivity contribution in [2.24, 2.45) is 0 Å². The number of hydrogen-bond acceptors (Lipinski definition) is 4. The van der Waals surface area contributed by atoms with Crippen molar-refractivity contribution in [2.45, 2.75) is 32.9 Å². The molecule has 25 heavy (non-hydrogen) atoms. The van der Waals surface area contributed by atoms with E-state index in [0.29, 0.717) is 31.1 Å². The van der Waals surface area contributed by atoms with Crippen LogP contribution in [0.2, 0.25) is 0 Å². The van der Waals surface area contributed by atoms with Gasteiger partial charge in [-0.15, -0.1) is 0 Å². The molecule has 0 unspecified atom stereocenters. The topological polar surface area (TPSA) is 56.8 Å². The van der Waals surface area contributed by atoms with E-state index in [4.69, 9.17) is 14.2 Å². The van der Waals surface area contributed by atoms with Gasteiger partial charge in [0.25, 0.3) is 5.91 Å². The van der Waals surface area contributed by atoms with Crippen molar-refractivity contribution in [1.82, 2.24) is 5.32 Å². The Morgan fingerprint density at radius 1 is 1.04 bits per heavy atom. The standard InChI is InChI=1S/C20H25NO4/c1-4-19(25-18-11-7-9-16(13-18)23-3)20(22)21-14-15-8-6-10-17(12-15)24-5-2/h6-13,19H,4-5,14H2,1-3H3,(H,21,22)/t19-/m0/s1. The maximum atomic E-state index is 12.4. The highest BCUT2D eigenvalue weighted by molar-refractivity contribution is 5.81. The summed E-state index contributed by atoms with van der Waals surface area (Å²) in [6.45, 7) is 4.90. The molecule has 2 rings (SSSR count). The molecule has 0 radical (unpaired) electrons. The fraction of sp³-hybridized carbons (Fsp3) is 0.350. The molecule has 0 aromatic heterocycles. The Labute approximate surface area is 148 Å². The highest BCUT2D eigenvalue weighted by Gasteiger charge is 2.18. The van der Waals surface area contributed by atoms with Gasteiger partial charge in [0.15, 0.2) is 6.10 Å². The maximum absolute atomic E-state index is 12.4. The molecule has 0 bridgehead atoms. The van der Waals surface area contributed by atoms with Crippen LogP contribution in [0.4, 0.5) is 0 Å². The molecule has 2 aromatic carbocycles. The second kappa shape index (κ2) is 9.57. The second-order valence-electron chi connectivity index (χ2n) is 5.49. The minimum Gasteiger partial charge on any atom is -0.497 e. The Balaban J connectivity index is 1.94. The van der Waals surface area contributed by atoms with E-state index in [1.807, 2.05) is 56.3 Å². The lowest BCUT2D eigenvalue weighted by Crippen LogP contribution is -2.37. The number of amides is 1. The highest BCUT2D eigenvalue weighted by atomic mass is 16.5. The van der Waals surface area contributed by atoms with Gasteiger partial charge in [0, 0.05) is 12.6 Å². The summed E-state index contributed by atoms with van der Waals surface area (Å²) >= 11 is 0. The van der Waals surface area contributed by atoms with Gasteiger partial charge >= 0.3 is 0 Å². The molecule has 0 aliphatic carbocycles. The molecule has 1 atom stereocenters. The molecular weight excluding hydrogens is 318 g/mol. The van der Waals surface area contributed by atoms with E-state index >= 15 is 0 Å². The molecule has 0 aliphatic heterocycles. The van der Waals surface area contributed by atoms with Gasteiger partial charge < -0.3 is 19.5 Å². The summed E-state index contributed by atoms with van der Waals surface area (Å²) in [7, 11) is 1.60. The predicted molar refractivity (Wildman–Crippen MR) is 97.2 cm³/mol. The summed E-state index contributed by atoms with van der Waals surface area (Å²) in [5.41, 5.74) is 0.982. The molecule has 5 heteroatoms. The van der Waals surface area contributed by atoms with E-state index < -0.39 is 6.10 Å². The van der Waals surface area contributed by atoms with Crippen molar-refractivity contribution in [3.63, 3.8) is 0 Å². The molecule has 5 nitrogen and oxygen atoms in total. The van der Waals surface area contributed by atoms with Gasteiger partial charge in [-0.3, -0.25) is 4.79 Å². The van der Waals surface area contributed by atoms with E-state index in [-0.39, 0.29) is 5.91 Å². The van der Waals surface area contributed by atoms with Crippen LogP contribution >= 0.6 is 0 Å². The normalized spacial score (nSPS) is 11.5. The minimum atomic E-state index is -0.554. The lowest BCUT2D eigenvalue weighted by atomic mass is 10.2. The Morgan fingerprint density at radius 3 is 2.48 bits per heavy atom. The zero-order valence-electron chi connectivity index (χ0n) is 15.0. The largest absolute Gasteiger partial charge is 0.497 e. The maximum Gasteiger partial charge on any atom is 0.261 e. The molecular formula is C20H25NO4. The highest BCUT2D eigenvalue weighted by Crippen LogP contribution is 2.21. The Kier molecular flexibility index (Phi) is 7.14. The van der Waals surface area contributed by atoms with Crippen LogP contribution < -0.4 is 19.5 Å². The molecule has 0 saturated carbocycles. The fourth-order valence-electron chi connectivity index (χ4n) is 2.38. The van der Waals surface area contributed by atoms with Gasteiger partial charge in [0.05, 0.1) is 13.7 Å². The minimum absolute atomic E-state index is 0.146. The number of carbonyl (C=O) groups is 1. The van der Waals surface area contributed by atoms with Crippen molar-refractivity contribution < 1.29 is 19.0 Å². The molecule has 1 amide bonds. The first-order valence-electron chi connectivity index (χ1n) is 8.46. The summed E-state index contributed by atoms with van der Waals surface area (Å²) < 4.78 is 16.4. The number of rotatable bonds is 9. The van der Waals surface area contributed by atoms with Crippen LogP contribution in [0.3, 0.4) is 0 Å². The first kappa shape index (κ1) is 18.6. The number of benzene rings is 2. The van der Waals surface area contributed by atoms with Crippen molar-refractivity contribution in [3.8, 4) is 17.2 Å². The lowest BCUT2D eigenvalue weighted by molar-refractivity contribution is -0.128. The van der Waals surface area contributed by atoms with Crippen molar-refractivity contribution in [2.75, 3.05) is 13.7 Å². The number of nitrogens with one attached hydrogen (secondary N) is 1. The molecule has 0 heterocycles. The molecule has 0 fully saturated rings. The third-order valence-corrected chi connectivity index (χ3v) is 3.66. The summed E-state index contributed by atoms with van der Waals surface area (Å²) in [6.07, 6.45) is 0.0179. The third kappa shape index (κ3) is 5.71. The van der Waals surface area contributed by atoms with Crippen LogP contribution in [0.1, 0.15) is 25.8 Å². The van der Waals surface area contributed by atoms with Crippen LogP contribution in [0.25, 0.3) is 0 Å². The summed E-state index contributed by atoms with van der Waals surface area (Å²) in [5.74, 6) is 1.96. The Bertz CT molecular complexity index is 687. The van der Waals surface area contributed by atoms with Crippen LogP contribution in [0.5, 0.6) is 17.2 Å². The van der Waals surface area contributed by atoms with E-state index in [9.17, 15) is 4.79 Å². The van der Waals surface area contributed by atoms with E-state index in [1.165, 1.54) is 0 Å². The summed E-state index contributed by atoms with van der Waals surface area (Å²) in [6, 6.07) is 14.9. The van der Waals surface area contributed by atoms with E-state index in [2.05, 4.69) is 5.32 Å². The van der Waals surface area contributed by atoms with Crippen LogP contribution in [-0.2, 0) is 11.3 Å². The molecule has 134 valence electrons. The monoisotopic (exact) mass is 343 g/mol. The molecule has 0 spiro atoms. The van der Waals surface area contributed by atoms with E-state index in [1.54, 1.807) is 13.2 Å². The number of carbonyl (C=O) groups excluding carboxylic acids is 1. The van der Waals surface area contributed by atoms with Crippen molar-refractivity contribution >= 4 is 5.91 Å². The van der Waals surface area contributed by atoms with Gasteiger partial charge in [-0.25, -0.2) is 0 Å². The lowest BCUT2D eigenvalue weighted by Gasteiger charge is -2.18. The number of hydrogen-bond donors (Lipinski definition) is 1. The summed E-state index contributed by atoms with van der Waals surface area (Å²) in [5, 5.41) is 2.92. The Hall–Kier alpha value is -2.69. The Morgan fingerprint density at radius 2 is 1.76 bits per heavy atom. The molecule has 0 aliphatic rings. The quantitative estimate of drug-likeness (QED) is 0.756. The van der Waals surface area contributed by atoms with Gasteiger partial charge in [-0.1, -0.05) is 25.1 Å². The van der Waals surface area contributed by atoms with Crippen molar-refractivity contribution in [3.05, 3.63) is 54.1 Å². The second-order valence-corrected chi connectivity index (χ2v) is 5.49. The van der Waals surface area contributed by atoms with Gasteiger partial charge in [-0.2, -0.15) is 0 Å². The zero-order valence-corrected chi connectivity index (χ0v) is 15.0. The molecule has 0 saturated heterocycles. The van der Waals surface area contributed by atoms with Gasteiger partial charge in [0.2, 0.25) is 0 Å². The smallest absolute Gasteiger partial charge is 0.261 e. The molecule has 1 N–H and O–H groups in total. The third-order valence-electron chi connectivity index (χ3n) is 3.66. The summed E-state index contributed by atoms with van der Waals surface area (Å²) in [4.78, 5) is 12.4. The van der Waals surface area contributed by atoms with Crippen molar-refractivity contribution in [1.29, 1.82) is 0 Å². The number of methoxy groups -OCH3 is 1. The zero-order chi connectivity index (χ0) is 18.1. The average Bonchev–Trinajstić information content (AvgIpc) is 2.65. The fourth-order valence-corrected chi connectivity index (χ4v) is 2.38.